The third-order valence-corrected chi connectivity index (χ3v) is 6.46. The molecule has 1 fully saturated rings. The summed E-state index contributed by atoms with van der Waals surface area (Å²) >= 11 is 1.27. The Morgan fingerprint density at radius 3 is 2.90 bits per heavy atom. The Balaban J connectivity index is 1.98. The largest absolute Gasteiger partial charge is 0.480 e. The second-order valence-electron chi connectivity index (χ2n) is 4.79. The zero-order valence-corrected chi connectivity index (χ0v) is 12.4. The molecule has 0 radical (unpaired) electrons. The number of sulfonamides is 1. The van der Waals surface area contributed by atoms with Gasteiger partial charge in [-0.25, -0.2) is 8.42 Å². The highest BCUT2D eigenvalue weighted by Gasteiger charge is 2.40. The fraction of sp³-hybridized carbons (Fsp3) is 0.333. The Bertz CT molecular complexity index is 731. The van der Waals surface area contributed by atoms with E-state index in [1.807, 2.05) is 0 Å². The molecule has 1 aromatic carbocycles. The first-order chi connectivity index (χ1) is 9.89. The molecule has 7 nitrogen and oxygen atoms in total. The molecule has 21 heavy (non-hydrogen) atoms. The van der Waals surface area contributed by atoms with Gasteiger partial charge in [0.1, 0.15) is 6.04 Å². The highest BCUT2D eigenvalue weighted by molar-refractivity contribution is 8.00. The van der Waals surface area contributed by atoms with Gasteiger partial charge in [0.2, 0.25) is 15.9 Å². The molecule has 1 atom stereocenters. The van der Waals surface area contributed by atoms with Crippen molar-refractivity contribution in [3.05, 3.63) is 23.8 Å². The quantitative estimate of drug-likeness (QED) is 0.829. The van der Waals surface area contributed by atoms with Crippen LogP contribution in [0.15, 0.2) is 23.1 Å². The van der Waals surface area contributed by atoms with Crippen molar-refractivity contribution in [3.8, 4) is 0 Å². The molecule has 1 unspecified atom stereocenters. The number of carbonyl (C=O) groups is 2. The van der Waals surface area contributed by atoms with E-state index in [1.165, 1.54) is 30.0 Å². The first-order valence-electron chi connectivity index (χ1n) is 6.15. The average Bonchev–Trinajstić information content (AvgIpc) is 3.02. The Labute approximate surface area is 125 Å². The third-order valence-electron chi connectivity index (χ3n) is 3.44. The van der Waals surface area contributed by atoms with Crippen molar-refractivity contribution >= 4 is 39.3 Å². The van der Waals surface area contributed by atoms with Crippen molar-refractivity contribution in [2.24, 2.45) is 0 Å². The molecular weight excluding hydrogens is 316 g/mol. The summed E-state index contributed by atoms with van der Waals surface area (Å²) in [4.78, 5) is 22.5. The summed E-state index contributed by atoms with van der Waals surface area (Å²) in [6.07, 6.45) is 0.135. The zero-order chi connectivity index (χ0) is 15.2. The maximum absolute atomic E-state index is 12.6. The number of nitrogens with zero attached hydrogens (tertiary/aromatic N) is 1. The number of anilines is 1. The van der Waals surface area contributed by atoms with Crippen LogP contribution in [0.4, 0.5) is 5.69 Å². The van der Waals surface area contributed by atoms with Gasteiger partial charge in [-0.3, -0.25) is 9.59 Å². The Hall–Kier alpha value is -1.58. The predicted molar refractivity (Wildman–Crippen MR) is 76.5 cm³/mol. The second kappa shape index (κ2) is 5.00. The zero-order valence-electron chi connectivity index (χ0n) is 10.8. The van der Waals surface area contributed by atoms with Gasteiger partial charge in [0.05, 0.1) is 17.2 Å². The lowest BCUT2D eigenvalue weighted by Gasteiger charge is -2.20. The number of hydrogen-bond donors (Lipinski definition) is 2. The van der Waals surface area contributed by atoms with Crippen molar-refractivity contribution in [1.82, 2.24) is 4.31 Å². The second-order valence-corrected chi connectivity index (χ2v) is 7.68. The van der Waals surface area contributed by atoms with Crippen LogP contribution in [0.1, 0.15) is 5.56 Å². The minimum Gasteiger partial charge on any atom is -0.480 e. The van der Waals surface area contributed by atoms with Gasteiger partial charge in [-0.05, 0) is 23.8 Å². The summed E-state index contributed by atoms with van der Waals surface area (Å²) in [6.45, 7) is 0. The van der Waals surface area contributed by atoms with Crippen molar-refractivity contribution in [2.75, 3.05) is 16.9 Å². The molecule has 3 rings (SSSR count). The van der Waals surface area contributed by atoms with Gasteiger partial charge in [0.25, 0.3) is 0 Å². The summed E-state index contributed by atoms with van der Waals surface area (Å²) in [5.74, 6) is -0.978. The lowest BCUT2D eigenvalue weighted by atomic mass is 10.2. The van der Waals surface area contributed by atoms with Gasteiger partial charge >= 0.3 is 5.97 Å². The SMILES string of the molecule is O=C1Cc2cc(S(=O)(=O)N3CSCC3C(=O)O)ccc2N1. The predicted octanol–water partition coefficient (Wildman–Crippen LogP) is 0.329. The number of carboxylic acids is 1. The van der Waals surface area contributed by atoms with Gasteiger partial charge in [-0.2, -0.15) is 4.31 Å². The van der Waals surface area contributed by atoms with E-state index in [0.29, 0.717) is 11.3 Å². The number of rotatable bonds is 3. The van der Waals surface area contributed by atoms with E-state index >= 15 is 0 Å². The molecule has 1 amide bonds. The van der Waals surface area contributed by atoms with Crippen LogP contribution >= 0.6 is 11.8 Å². The van der Waals surface area contributed by atoms with Crippen molar-refractivity contribution in [2.45, 2.75) is 17.4 Å². The maximum atomic E-state index is 12.6. The molecule has 1 saturated heterocycles. The molecule has 0 spiro atoms. The summed E-state index contributed by atoms with van der Waals surface area (Å²) < 4.78 is 26.1. The van der Waals surface area contributed by atoms with Gasteiger partial charge in [0.15, 0.2) is 0 Å². The standard InChI is InChI=1S/C12H12N2O5S2/c15-11-4-7-3-8(1-2-9(7)13-11)21(18,19)14-6-20-5-10(14)12(16)17/h1-3,10H,4-6H2,(H,13,15)(H,16,17). The number of carboxylic acid groups (broad SMARTS) is 1. The summed E-state index contributed by atoms with van der Waals surface area (Å²) in [5.41, 5.74) is 1.21. The van der Waals surface area contributed by atoms with Crippen LogP contribution < -0.4 is 5.32 Å². The lowest BCUT2D eigenvalue weighted by Crippen LogP contribution is -2.41. The first kappa shape index (κ1) is 14.4. The monoisotopic (exact) mass is 328 g/mol. The number of benzene rings is 1. The molecular formula is C12H12N2O5S2. The molecule has 2 heterocycles. The maximum Gasteiger partial charge on any atom is 0.322 e. The molecule has 112 valence electrons. The van der Waals surface area contributed by atoms with E-state index in [0.717, 1.165) is 4.31 Å². The molecule has 2 aliphatic heterocycles. The highest BCUT2D eigenvalue weighted by Crippen LogP contribution is 2.31. The van der Waals surface area contributed by atoms with E-state index in [-0.39, 0.29) is 28.9 Å². The molecule has 0 aliphatic carbocycles. The van der Waals surface area contributed by atoms with Crippen LogP contribution in [0, 0.1) is 0 Å². The molecule has 2 N–H and O–H groups in total. The fourth-order valence-corrected chi connectivity index (χ4v) is 5.55. The van der Waals surface area contributed by atoms with Crippen LogP contribution in [-0.4, -0.2) is 47.4 Å². The third kappa shape index (κ3) is 2.41. The van der Waals surface area contributed by atoms with Crippen molar-refractivity contribution in [1.29, 1.82) is 0 Å². The Morgan fingerprint density at radius 2 is 2.19 bits per heavy atom. The van der Waals surface area contributed by atoms with E-state index in [2.05, 4.69) is 5.32 Å². The van der Waals surface area contributed by atoms with Gasteiger partial charge in [0, 0.05) is 11.4 Å². The Morgan fingerprint density at radius 1 is 1.43 bits per heavy atom. The van der Waals surface area contributed by atoms with Gasteiger partial charge < -0.3 is 10.4 Å². The fourth-order valence-electron chi connectivity index (χ4n) is 2.36. The molecule has 1 aromatic rings. The number of nitrogens with one attached hydrogen (secondary N) is 1. The molecule has 0 saturated carbocycles. The Kier molecular flexibility index (Phi) is 3.42. The normalized spacial score (nSPS) is 22.1. The molecule has 0 aromatic heterocycles. The average molecular weight is 328 g/mol. The van der Waals surface area contributed by atoms with E-state index < -0.39 is 22.0 Å². The van der Waals surface area contributed by atoms with Gasteiger partial charge in [-0.1, -0.05) is 0 Å². The van der Waals surface area contributed by atoms with Gasteiger partial charge in [-0.15, -0.1) is 11.8 Å². The number of aliphatic carboxylic acids is 1. The summed E-state index contributed by atoms with van der Waals surface area (Å²) in [7, 11) is -3.88. The summed E-state index contributed by atoms with van der Waals surface area (Å²) in [6, 6.07) is 3.31. The molecule has 0 bridgehead atoms. The van der Waals surface area contributed by atoms with Crippen molar-refractivity contribution in [3.63, 3.8) is 0 Å². The van der Waals surface area contributed by atoms with Crippen molar-refractivity contribution < 1.29 is 23.1 Å². The van der Waals surface area contributed by atoms with Crippen LogP contribution in [0.25, 0.3) is 0 Å². The molecule has 2 aliphatic rings. The number of fused-ring (bicyclic) bond motifs is 1. The lowest BCUT2D eigenvalue weighted by molar-refractivity contribution is -0.140. The minimum absolute atomic E-state index is 0.0199. The van der Waals surface area contributed by atoms with Crippen LogP contribution in [0.3, 0.4) is 0 Å². The first-order valence-corrected chi connectivity index (χ1v) is 8.74. The van der Waals surface area contributed by atoms with E-state index in [1.54, 1.807) is 0 Å². The van der Waals surface area contributed by atoms with E-state index in [4.69, 9.17) is 5.11 Å². The van der Waals surface area contributed by atoms with Crippen LogP contribution in [0.2, 0.25) is 0 Å². The smallest absolute Gasteiger partial charge is 0.322 e. The van der Waals surface area contributed by atoms with Crippen LogP contribution in [0.5, 0.6) is 0 Å². The number of thioether (sulfide) groups is 1. The highest BCUT2D eigenvalue weighted by atomic mass is 32.2. The minimum atomic E-state index is -3.88. The number of amides is 1. The van der Waals surface area contributed by atoms with E-state index in [9.17, 15) is 18.0 Å². The number of carbonyl (C=O) groups excluding carboxylic acids is 1. The molecule has 9 heteroatoms. The topological polar surface area (TPSA) is 104 Å². The summed E-state index contributed by atoms with van der Waals surface area (Å²) in [5, 5.41) is 11.7. The number of hydrogen-bond acceptors (Lipinski definition) is 5. The van der Waals surface area contributed by atoms with Crippen LogP contribution in [-0.2, 0) is 26.0 Å².